The number of amides is 1. The molecule has 0 spiro atoms. The number of carbonyl (C=O) groups is 2. The first-order chi connectivity index (χ1) is 12.9. The molecule has 1 amide bonds. The molecule has 0 atom stereocenters. The van der Waals surface area contributed by atoms with Crippen LogP contribution in [0.25, 0.3) is 0 Å². The summed E-state index contributed by atoms with van der Waals surface area (Å²) in [5.41, 5.74) is 0.736. The number of fused-ring (bicyclic) bond motifs is 1. The molecule has 0 bridgehead atoms. The van der Waals surface area contributed by atoms with Crippen LogP contribution in [0.2, 0.25) is 0 Å². The van der Waals surface area contributed by atoms with Gasteiger partial charge in [0.1, 0.15) is 16.9 Å². The quantitative estimate of drug-likeness (QED) is 0.693. The predicted octanol–water partition coefficient (Wildman–Crippen LogP) is 1.87. The SMILES string of the molecule is COc1ccc(C=O)cc1CN1C(=O)c2cc(OC)c(OC)cc2S1(=O)=O. The Labute approximate surface area is 156 Å². The third-order valence-electron chi connectivity index (χ3n) is 4.27. The van der Waals surface area contributed by atoms with Crippen molar-refractivity contribution in [1.29, 1.82) is 0 Å². The highest BCUT2D eigenvalue weighted by atomic mass is 32.2. The Kier molecular flexibility index (Phi) is 4.79. The van der Waals surface area contributed by atoms with Crippen molar-refractivity contribution in [2.24, 2.45) is 0 Å². The maximum absolute atomic E-state index is 12.9. The molecular weight excluding hydrogens is 374 g/mol. The number of nitrogens with zero attached hydrogens (tertiary/aromatic N) is 1. The fourth-order valence-electron chi connectivity index (χ4n) is 2.91. The van der Waals surface area contributed by atoms with Crippen LogP contribution < -0.4 is 14.2 Å². The summed E-state index contributed by atoms with van der Waals surface area (Å²) < 4.78 is 42.1. The molecule has 9 heteroatoms. The summed E-state index contributed by atoms with van der Waals surface area (Å²) in [6, 6.07) is 7.18. The van der Waals surface area contributed by atoms with Gasteiger partial charge in [0, 0.05) is 17.2 Å². The van der Waals surface area contributed by atoms with Gasteiger partial charge in [-0.1, -0.05) is 0 Å². The molecule has 142 valence electrons. The van der Waals surface area contributed by atoms with E-state index in [0.717, 1.165) is 4.31 Å². The van der Waals surface area contributed by atoms with E-state index in [2.05, 4.69) is 0 Å². The second kappa shape index (κ2) is 6.92. The van der Waals surface area contributed by atoms with E-state index in [9.17, 15) is 18.0 Å². The first kappa shape index (κ1) is 18.7. The van der Waals surface area contributed by atoms with Gasteiger partial charge >= 0.3 is 0 Å². The fourth-order valence-corrected chi connectivity index (χ4v) is 4.45. The van der Waals surface area contributed by atoms with Crippen LogP contribution >= 0.6 is 0 Å². The van der Waals surface area contributed by atoms with Crippen LogP contribution in [-0.4, -0.2) is 46.2 Å². The maximum Gasteiger partial charge on any atom is 0.269 e. The van der Waals surface area contributed by atoms with Crippen LogP contribution in [0.3, 0.4) is 0 Å². The van der Waals surface area contributed by atoms with Crippen LogP contribution in [0.4, 0.5) is 0 Å². The maximum atomic E-state index is 12.9. The Morgan fingerprint density at radius 2 is 1.59 bits per heavy atom. The number of methoxy groups -OCH3 is 3. The summed E-state index contributed by atoms with van der Waals surface area (Å²) in [5.74, 6) is 0.136. The van der Waals surface area contributed by atoms with E-state index in [-0.39, 0.29) is 28.5 Å². The van der Waals surface area contributed by atoms with Crippen molar-refractivity contribution >= 4 is 22.2 Å². The molecule has 0 saturated carbocycles. The molecule has 2 aromatic carbocycles. The third kappa shape index (κ3) is 2.99. The van der Waals surface area contributed by atoms with Gasteiger partial charge in [-0.3, -0.25) is 9.59 Å². The molecule has 0 radical (unpaired) electrons. The molecule has 2 aromatic rings. The first-order valence-electron chi connectivity index (χ1n) is 7.82. The van der Waals surface area contributed by atoms with Crippen molar-refractivity contribution in [2.75, 3.05) is 21.3 Å². The monoisotopic (exact) mass is 391 g/mol. The van der Waals surface area contributed by atoms with Gasteiger partial charge in [-0.05, 0) is 24.3 Å². The Hall–Kier alpha value is -3.07. The van der Waals surface area contributed by atoms with Gasteiger partial charge in [-0.2, -0.15) is 0 Å². The molecule has 1 aliphatic heterocycles. The summed E-state index contributed by atoms with van der Waals surface area (Å²) in [7, 11) is 0.100. The Morgan fingerprint density at radius 1 is 0.963 bits per heavy atom. The number of hydrogen-bond donors (Lipinski definition) is 0. The van der Waals surface area contributed by atoms with Crippen LogP contribution in [0.1, 0.15) is 26.3 Å². The van der Waals surface area contributed by atoms with E-state index in [0.29, 0.717) is 23.2 Å². The molecule has 0 N–H and O–H groups in total. The largest absolute Gasteiger partial charge is 0.496 e. The first-order valence-corrected chi connectivity index (χ1v) is 9.26. The standard InChI is InChI=1S/C18H17NO7S/c1-24-14-5-4-11(10-20)6-12(14)9-19-18(21)13-7-15(25-2)16(26-3)8-17(13)27(19,22)23/h4-8,10H,9H2,1-3H3. The van der Waals surface area contributed by atoms with Crippen molar-refractivity contribution in [1.82, 2.24) is 4.31 Å². The highest BCUT2D eigenvalue weighted by Crippen LogP contribution is 2.40. The normalized spacial score (nSPS) is 14.6. The van der Waals surface area contributed by atoms with Crippen molar-refractivity contribution in [3.63, 3.8) is 0 Å². The Morgan fingerprint density at radius 3 is 2.19 bits per heavy atom. The lowest BCUT2D eigenvalue weighted by atomic mass is 10.1. The molecular formula is C18H17NO7S. The molecule has 0 unspecified atom stereocenters. The average Bonchev–Trinajstić information content (AvgIpc) is 2.86. The summed E-state index contributed by atoms with van der Waals surface area (Å²) in [6.07, 6.45) is 0.633. The second-order valence-corrected chi connectivity index (χ2v) is 7.54. The number of hydrogen-bond acceptors (Lipinski definition) is 7. The van der Waals surface area contributed by atoms with Gasteiger partial charge in [-0.25, -0.2) is 12.7 Å². The number of benzene rings is 2. The van der Waals surface area contributed by atoms with Crippen LogP contribution in [0, 0.1) is 0 Å². The number of sulfonamides is 1. The fraction of sp³-hybridized carbons (Fsp3) is 0.222. The molecule has 0 aromatic heterocycles. The topological polar surface area (TPSA) is 99.2 Å². The Bertz CT molecular complexity index is 1030. The van der Waals surface area contributed by atoms with Gasteiger partial charge in [0.25, 0.3) is 15.9 Å². The van der Waals surface area contributed by atoms with E-state index in [4.69, 9.17) is 14.2 Å². The molecule has 27 heavy (non-hydrogen) atoms. The van der Waals surface area contributed by atoms with Gasteiger partial charge in [-0.15, -0.1) is 0 Å². The lowest BCUT2D eigenvalue weighted by Gasteiger charge is -2.17. The van der Waals surface area contributed by atoms with Gasteiger partial charge in [0.2, 0.25) is 0 Å². The van der Waals surface area contributed by atoms with Crippen molar-refractivity contribution in [2.45, 2.75) is 11.4 Å². The van der Waals surface area contributed by atoms with Gasteiger partial charge in [0.05, 0.1) is 33.4 Å². The highest BCUT2D eigenvalue weighted by Gasteiger charge is 2.42. The summed E-state index contributed by atoms with van der Waals surface area (Å²) in [6.45, 7) is -0.272. The van der Waals surface area contributed by atoms with Gasteiger partial charge in [0.15, 0.2) is 11.5 Å². The third-order valence-corrected chi connectivity index (χ3v) is 6.03. The van der Waals surface area contributed by atoms with E-state index in [1.54, 1.807) is 12.1 Å². The van der Waals surface area contributed by atoms with E-state index < -0.39 is 15.9 Å². The van der Waals surface area contributed by atoms with E-state index in [1.165, 1.54) is 39.5 Å². The van der Waals surface area contributed by atoms with Crippen molar-refractivity contribution in [3.8, 4) is 17.2 Å². The minimum absolute atomic E-state index is 0.00170. The molecule has 3 rings (SSSR count). The molecule has 0 fully saturated rings. The zero-order chi connectivity index (χ0) is 19.8. The summed E-state index contributed by atoms with van der Waals surface area (Å²) >= 11 is 0. The molecule has 8 nitrogen and oxygen atoms in total. The second-order valence-electron chi connectivity index (χ2n) is 5.71. The zero-order valence-electron chi connectivity index (χ0n) is 14.9. The minimum atomic E-state index is -4.09. The van der Waals surface area contributed by atoms with Crippen LogP contribution in [0.15, 0.2) is 35.2 Å². The van der Waals surface area contributed by atoms with Crippen LogP contribution in [-0.2, 0) is 16.6 Å². The number of aldehydes is 1. The number of ether oxygens (including phenoxy) is 3. The van der Waals surface area contributed by atoms with Crippen molar-refractivity contribution < 1.29 is 32.2 Å². The summed E-state index contributed by atoms with van der Waals surface area (Å²) in [4.78, 5) is 23.7. The smallest absolute Gasteiger partial charge is 0.269 e. The van der Waals surface area contributed by atoms with E-state index in [1.807, 2.05) is 0 Å². The molecule has 0 saturated heterocycles. The number of carbonyl (C=O) groups excluding carboxylic acids is 2. The highest BCUT2D eigenvalue weighted by molar-refractivity contribution is 7.90. The molecule has 0 aliphatic carbocycles. The van der Waals surface area contributed by atoms with Crippen LogP contribution in [0.5, 0.6) is 17.2 Å². The molecule has 1 aliphatic rings. The lowest BCUT2D eigenvalue weighted by molar-refractivity contribution is 0.0864. The average molecular weight is 391 g/mol. The number of rotatable bonds is 6. The Balaban J connectivity index is 2.09. The molecule has 1 heterocycles. The predicted molar refractivity (Wildman–Crippen MR) is 95.0 cm³/mol. The van der Waals surface area contributed by atoms with E-state index >= 15 is 0 Å². The summed E-state index contributed by atoms with van der Waals surface area (Å²) in [5, 5.41) is 0. The zero-order valence-corrected chi connectivity index (χ0v) is 15.7. The van der Waals surface area contributed by atoms with Gasteiger partial charge < -0.3 is 14.2 Å². The van der Waals surface area contributed by atoms with Crippen molar-refractivity contribution in [3.05, 3.63) is 47.0 Å². The minimum Gasteiger partial charge on any atom is -0.496 e. The lowest BCUT2D eigenvalue weighted by Crippen LogP contribution is -2.29.